The Kier molecular flexibility index (Phi) is 5.89. The molecule has 2 rings (SSSR count). The van der Waals surface area contributed by atoms with Gasteiger partial charge in [-0.2, -0.15) is 0 Å². The van der Waals surface area contributed by atoms with E-state index in [2.05, 4.69) is 21.2 Å². The standard InChI is InChI=1S/C14H12BrCl2NS/c15-10-1-4-12(5-2-10)18-7-8-19-14-9-11(16)3-6-13(14)17/h1-6,9,18H,7-8H2. The van der Waals surface area contributed by atoms with E-state index in [1.165, 1.54) is 0 Å². The zero-order valence-electron chi connectivity index (χ0n) is 10.00. The summed E-state index contributed by atoms with van der Waals surface area (Å²) in [6, 6.07) is 13.6. The third kappa shape index (κ3) is 4.92. The second kappa shape index (κ2) is 7.44. The second-order valence-corrected chi connectivity index (χ2v) is 6.75. The van der Waals surface area contributed by atoms with Gasteiger partial charge in [-0.05, 0) is 42.5 Å². The van der Waals surface area contributed by atoms with Crippen molar-refractivity contribution in [2.45, 2.75) is 4.90 Å². The molecule has 100 valence electrons. The highest BCUT2D eigenvalue weighted by molar-refractivity contribution is 9.10. The summed E-state index contributed by atoms with van der Waals surface area (Å²) < 4.78 is 1.08. The number of hydrogen-bond donors (Lipinski definition) is 1. The molecule has 0 amide bonds. The molecular weight excluding hydrogens is 365 g/mol. The summed E-state index contributed by atoms with van der Waals surface area (Å²) in [4.78, 5) is 1.02. The minimum atomic E-state index is 0.716. The summed E-state index contributed by atoms with van der Waals surface area (Å²) in [5, 5.41) is 4.82. The topological polar surface area (TPSA) is 12.0 Å². The molecular formula is C14H12BrCl2NS. The van der Waals surface area contributed by atoms with Gasteiger partial charge in [0.2, 0.25) is 0 Å². The van der Waals surface area contributed by atoms with Crippen molar-refractivity contribution in [1.29, 1.82) is 0 Å². The fourth-order valence-electron chi connectivity index (χ4n) is 1.51. The van der Waals surface area contributed by atoms with Crippen LogP contribution in [0.5, 0.6) is 0 Å². The monoisotopic (exact) mass is 375 g/mol. The highest BCUT2D eigenvalue weighted by Crippen LogP contribution is 2.29. The van der Waals surface area contributed by atoms with Crippen LogP contribution in [0.25, 0.3) is 0 Å². The predicted molar refractivity (Wildman–Crippen MR) is 89.8 cm³/mol. The fraction of sp³-hybridized carbons (Fsp3) is 0.143. The molecule has 0 aromatic heterocycles. The van der Waals surface area contributed by atoms with Crippen LogP contribution in [0.2, 0.25) is 10.0 Å². The third-order valence-electron chi connectivity index (χ3n) is 2.43. The Morgan fingerprint density at radius 1 is 1.05 bits per heavy atom. The van der Waals surface area contributed by atoms with Crippen LogP contribution in [-0.4, -0.2) is 12.3 Å². The number of nitrogens with one attached hydrogen (secondary N) is 1. The van der Waals surface area contributed by atoms with Crippen LogP contribution in [0.4, 0.5) is 5.69 Å². The Bertz CT molecular complexity index is 546. The highest BCUT2D eigenvalue weighted by Gasteiger charge is 2.01. The van der Waals surface area contributed by atoms with Gasteiger partial charge in [0.05, 0.1) is 5.02 Å². The average Bonchev–Trinajstić information content (AvgIpc) is 2.40. The highest BCUT2D eigenvalue weighted by atomic mass is 79.9. The lowest BCUT2D eigenvalue weighted by atomic mass is 10.3. The first-order chi connectivity index (χ1) is 9.15. The molecule has 0 atom stereocenters. The normalized spacial score (nSPS) is 10.5. The van der Waals surface area contributed by atoms with Crippen molar-refractivity contribution in [2.24, 2.45) is 0 Å². The van der Waals surface area contributed by atoms with Gasteiger partial charge in [0.1, 0.15) is 0 Å². The first-order valence-electron chi connectivity index (χ1n) is 5.72. The lowest BCUT2D eigenvalue weighted by Crippen LogP contribution is -2.03. The lowest BCUT2D eigenvalue weighted by molar-refractivity contribution is 1.22. The van der Waals surface area contributed by atoms with Crippen LogP contribution in [0.15, 0.2) is 51.8 Å². The Balaban J connectivity index is 1.80. The molecule has 5 heteroatoms. The van der Waals surface area contributed by atoms with Crippen LogP contribution in [0.1, 0.15) is 0 Å². The summed E-state index contributed by atoms with van der Waals surface area (Å²) in [7, 11) is 0. The van der Waals surface area contributed by atoms with Gasteiger partial charge in [0, 0.05) is 32.4 Å². The van der Waals surface area contributed by atoms with E-state index in [4.69, 9.17) is 23.2 Å². The van der Waals surface area contributed by atoms with E-state index < -0.39 is 0 Å². The number of halogens is 3. The number of thioether (sulfide) groups is 1. The minimum absolute atomic E-state index is 0.716. The zero-order valence-corrected chi connectivity index (χ0v) is 13.9. The first kappa shape index (κ1) is 15.0. The van der Waals surface area contributed by atoms with Crippen LogP contribution < -0.4 is 5.32 Å². The van der Waals surface area contributed by atoms with E-state index in [-0.39, 0.29) is 0 Å². The third-order valence-corrected chi connectivity index (χ3v) is 4.69. The van der Waals surface area contributed by atoms with Crippen LogP contribution in [0, 0.1) is 0 Å². The summed E-state index contributed by atoms with van der Waals surface area (Å²) in [6.07, 6.45) is 0. The maximum absolute atomic E-state index is 6.10. The second-order valence-electron chi connectivity index (χ2n) is 3.86. The van der Waals surface area contributed by atoms with Crippen LogP contribution in [0.3, 0.4) is 0 Å². The smallest absolute Gasteiger partial charge is 0.0542 e. The number of hydrogen-bond acceptors (Lipinski definition) is 2. The van der Waals surface area contributed by atoms with E-state index in [9.17, 15) is 0 Å². The van der Waals surface area contributed by atoms with Crippen molar-refractivity contribution in [3.63, 3.8) is 0 Å². The van der Waals surface area contributed by atoms with Crippen LogP contribution >= 0.6 is 50.9 Å². The Hall–Kier alpha value is -0.350. The SMILES string of the molecule is Clc1ccc(Cl)c(SCCNc2ccc(Br)cc2)c1. The van der Waals surface area contributed by atoms with Gasteiger partial charge in [-0.3, -0.25) is 0 Å². The molecule has 1 N–H and O–H groups in total. The number of benzene rings is 2. The van der Waals surface area contributed by atoms with E-state index in [0.29, 0.717) is 5.02 Å². The van der Waals surface area contributed by atoms with E-state index in [1.807, 2.05) is 36.4 Å². The summed E-state index contributed by atoms with van der Waals surface area (Å²) in [5.41, 5.74) is 1.11. The van der Waals surface area contributed by atoms with E-state index in [0.717, 1.165) is 32.4 Å². The van der Waals surface area contributed by atoms with Gasteiger partial charge in [0.15, 0.2) is 0 Å². The molecule has 0 saturated heterocycles. The van der Waals surface area contributed by atoms with Crippen LogP contribution in [-0.2, 0) is 0 Å². The molecule has 0 heterocycles. The van der Waals surface area contributed by atoms with Crippen molar-refractivity contribution in [2.75, 3.05) is 17.6 Å². The Morgan fingerprint density at radius 2 is 1.79 bits per heavy atom. The Morgan fingerprint density at radius 3 is 2.53 bits per heavy atom. The summed E-state index contributed by atoms with van der Waals surface area (Å²) >= 11 is 17.2. The number of anilines is 1. The fourth-order valence-corrected chi connectivity index (χ4v) is 3.13. The average molecular weight is 377 g/mol. The van der Waals surface area contributed by atoms with Crippen molar-refractivity contribution < 1.29 is 0 Å². The molecule has 19 heavy (non-hydrogen) atoms. The van der Waals surface area contributed by atoms with Crippen molar-refractivity contribution in [3.8, 4) is 0 Å². The van der Waals surface area contributed by atoms with Gasteiger partial charge in [-0.15, -0.1) is 11.8 Å². The molecule has 0 aliphatic carbocycles. The molecule has 2 aromatic rings. The maximum atomic E-state index is 6.10. The molecule has 0 saturated carbocycles. The van der Waals surface area contributed by atoms with Gasteiger partial charge in [-0.1, -0.05) is 39.1 Å². The molecule has 2 aromatic carbocycles. The molecule has 0 unspecified atom stereocenters. The van der Waals surface area contributed by atoms with Gasteiger partial charge < -0.3 is 5.32 Å². The number of rotatable bonds is 5. The summed E-state index contributed by atoms with van der Waals surface area (Å²) in [6.45, 7) is 0.870. The first-order valence-corrected chi connectivity index (χ1v) is 8.26. The van der Waals surface area contributed by atoms with Crippen molar-refractivity contribution in [3.05, 3.63) is 57.0 Å². The molecule has 0 fully saturated rings. The molecule has 0 radical (unpaired) electrons. The molecule has 0 spiro atoms. The lowest BCUT2D eigenvalue weighted by Gasteiger charge is -2.07. The molecule has 0 aliphatic rings. The molecule has 0 bridgehead atoms. The minimum Gasteiger partial charge on any atom is -0.384 e. The summed E-state index contributed by atoms with van der Waals surface area (Å²) in [5.74, 6) is 0.927. The van der Waals surface area contributed by atoms with Gasteiger partial charge in [0.25, 0.3) is 0 Å². The van der Waals surface area contributed by atoms with E-state index >= 15 is 0 Å². The van der Waals surface area contributed by atoms with E-state index in [1.54, 1.807) is 17.8 Å². The predicted octanol–water partition coefficient (Wildman–Crippen LogP) is 5.96. The van der Waals surface area contributed by atoms with Gasteiger partial charge in [-0.25, -0.2) is 0 Å². The quantitative estimate of drug-likeness (QED) is 0.510. The maximum Gasteiger partial charge on any atom is 0.0542 e. The van der Waals surface area contributed by atoms with Crippen molar-refractivity contribution in [1.82, 2.24) is 0 Å². The largest absolute Gasteiger partial charge is 0.384 e. The molecule has 0 aliphatic heterocycles. The van der Waals surface area contributed by atoms with Crippen molar-refractivity contribution >= 4 is 56.6 Å². The molecule has 1 nitrogen and oxygen atoms in total. The Labute approximate surface area is 135 Å². The van der Waals surface area contributed by atoms with Gasteiger partial charge >= 0.3 is 0 Å². The zero-order chi connectivity index (χ0) is 13.7.